The minimum Gasteiger partial charge on any atom is -0.301 e. The lowest BCUT2D eigenvalue weighted by Crippen LogP contribution is -2.26. The molecule has 13 heavy (non-hydrogen) atoms. The fourth-order valence-corrected chi connectivity index (χ4v) is 2.60. The summed E-state index contributed by atoms with van der Waals surface area (Å²) in [5.41, 5.74) is 0. The first-order valence-electron chi connectivity index (χ1n) is 4.62. The van der Waals surface area contributed by atoms with Gasteiger partial charge in [-0.1, -0.05) is 0 Å². The maximum absolute atomic E-state index is 5.68. The van der Waals surface area contributed by atoms with Crippen LogP contribution in [-0.2, 0) is 0 Å². The van der Waals surface area contributed by atoms with Crippen molar-refractivity contribution in [2.75, 3.05) is 19.6 Å². The molecule has 2 saturated heterocycles. The van der Waals surface area contributed by atoms with Crippen molar-refractivity contribution in [3.8, 4) is 0 Å². The van der Waals surface area contributed by atoms with Crippen molar-refractivity contribution in [2.24, 2.45) is 5.92 Å². The Kier molecular flexibility index (Phi) is 1.60. The van der Waals surface area contributed by atoms with Crippen LogP contribution in [0.25, 0.3) is 0 Å². The van der Waals surface area contributed by atoms with Crippen molar-refractivity contribution in [1.29, 1.82) is 0 Å². The van der Waals surface area contributed by atoms with Gasteiger partial charge in [-0.05, 0) is 30.5 Å². The first-order chi connectivity index (χ1) is 6.33. The third-order valence-electron chi connectivity index (χ3n) is 3.12. The molecule has 3 rings (SSSR count). The molecule has 0 saturated carbocycles. The largest absolute Gasteiger partial charge is 0.301 e. The third-order valence-corrected chi connectivity index (χ3v) is 3.29. The van der Waals surface area contributed by atoms with Gasteiger partial charge in [0.05, 0.1) is 6.04 Å². The molecule has 5 heteroatoms. The summed E-state index contributed by atoms with van der Waals surface area (Å²) in [6.07, 6.45) is 3.04. The highest BCUT2D eigenvalue weighted by Gasteiger charge is 2.39. The lowest BCUT2D eigenvalue weighted by Gasteiger charge is -2.21. The summed E-state index contributed by atoms with van der Waals surface area (Å²) < 4.78 is 1.92. The van der Waals surface area contributed by atoms with Gasteiger partial charge in [0.15, 0.2) is 0 Å². The summed E-state index contributed by atoms with van der Waals surface area (Å²) in [7, 11) is 0. The van der Waals surface area contributed by atoms with E-state index in [2.05, 4.69) is 15.0 Å². The molecule has 0 aliphatic carbocycles. The van der Waals surface area contributed by atoms with Crippen molar-refractivity contribution in [1.82, 2.24) is 19.7 Å². The molecule has 3 heterocycles. The molecule has 2 bridgehead atoms. The fraction of sp³-hybridized carbons (Fsp3) is 0.750. The van der Waals surface area contributed by atoms with E-state index < -0.39 is 0 Å². The molecular weight excluding hydrogens is 188 g/mol. The Morgan fingerprint density at radius 3 is 2.92 bits per heavy atom. The molecule has 3 atom stereocenters. The van der Waals surface area contributed by atoms with E-state index in [0.717, 1.165) is 12.5 Å². The summed E-state index contributed by atoms with van der Waals surface area (Å²) >= 11 is 5.68. The molecule has 0 aromatic carbocycles. The van der Waals surface area contributed by atoms with E-state index in [0.29, 0.717) is 11.3 Å². The van der Waals surface area contributed by atoms with E-state index in [4.69, 9.17) is 11.6 Å². The maximum atomic E-state index is 5.68. The van der Waals surface area contributed by atoms with Crippen LogP contribution >= 0.6 is 11.6 Å². The second-order valence-electron chi connectivity index (χ2n) is 3.87. The first-order valence-corrected chi connectivity index (χ1v) is 5.00. The Hall–Kier alpha value is -0.610. The number of hydrogen-bond acceptors (Lipinski definition) is 3. The Labute approximate surface area is 81.5 Å². The Balaban J connectivity index is 1.87. The van der Waals surface area contributed by atoms with Gasteiger partial charge in [-0.3, -0.25) is 0 Å². The minimum absolute atomic E-state index is 0.359. The molecule has 1 aromatic rings. The molecule has 1 unspecified atom stereocenters. The average Bonchev–Trinajstić information content (AvgIpc) is 2.77. The van der Waals surface area contributed by atoms with Crippen LogP contribution in [-0.4, -0.2) is 39.3 Å². The van der Waals surface area contributed by atoms with Crippen LogP contribution < -0.4 is 0 Å². The molecule has 1 aromatic heterocycles. The van der Waals surface area contributed by atoms with Crippen LogP contribution in [0, 0.1) is 5.92 Å². The molecule has 4 nitrogen and oxygen atoms in total. The summed E-state index contributed by atoms with van der Waals surface area (Å²) in [6, 6.07) is 0.508. The standard InChI is InChI=1S/C8H11ClN4/c9-8-10-5-13(11-8)7-4-12-2-1-6(7)3-12/h5-7H,1-4H2/t6-,7+/m0/s1. The zero-order chi connectivity index (χ0) is 8.84. The maximum Gasteiger partial charge on any atom is 0.242 e. The van der Waals surface area contributed by atoms with Gasteiger partial charge in [-0.25, -0.2) is 9.67 Å². The molecule has 70 valence electrons. The second-order valence-corrected chi connectivity index (χ2v) is 4.21. The van der Waals surface area contributed by atoms with Gasteiger partial charge in [-0.15, -0.1) is 5.10 Å². The van der Waals surface area contributed by atoms with E-state index in [1.165, 1.54) is 19.5 Å². The van der Waals surface area contributed by atoms with Gasteiger partial charge in [0, 0.05) is 13.1 Å². The van der Waals surface area contributed by atoms with Gasteiger partial charge >= 0.3 is 0 Å². The Morgan fingerprint density at radius 1 is 1.46 bits per heavy atom. The molecule has 0 spiro atoms. The SMILES string of the molecule is Clc1ncn([C@@H]2CN3CC[C@H]2C3)n1. The summed E-state index contributed by atoms with van der Waals surface area (Å²) in [4.78, 5) is 6.42. The number of nitrogens with zero attached hydrogens (tertiary/aromatic N) is 4. The lowest BCUT2D eigenvalue weighted by molar-refractivity contribution is 0.285. The van der Waals surface area contributed by atoms with Gasteiger partial charge in [-0.2, -0.15) is 0 Å². The average molecular weight is 199 g/mol. The van der Waals surface area contributed by atoms with Crippen molar-refractivity contribution in [3.05, 3.63) is 11.6 Å². The van der Waals surface area contributed by atoms with Crippen LogP contribution in [0.1, 0.15) is 12.5 Å². The summed E-state index contributed by atoms with van der Waals surface area (Å²) in [5, 5.41) is 4.51. The van der Waals surface area contributed by atoms with Crippen LogP contribution in [0.2, 0.25) is 5.28 Å². The number of aromatic nitrogens is 3. The third kappa shape index (κ3) is 1.16. The van der Waals surface area contributed by atoms with E-state index in [9.17, 15) is 0 Å². The zero-order valence-electron chi connectivity index (χ0n) is 7.23. The van der Waals surface area contributed by atoms with E-state index in [1.807, 2.05) is 4.68 Å². The molecular formula is C8H11ClN4. The minimum atomic E-state index is 0.359. The summed E-state index contributed by atoms with van der Waals surface area (Å²) in [5.74, 6) is 0.762. The van der Waals surface area contributed by atoms with Crippen LogP contribution in [0.4, 0.5) is 0 Å². The first kappa shape index (κ1) is 7.76. The topological polar surface area (TPSA) is 34.0 Å². The Morgan fingerprint density at radius 2 is 2.38 bits per heavy atom. The highest BCUT2D eigenvalue weighted by Crippen LogP contribution is 2.35. The van der Waals surface area contributed by atoms with Crippen molar-refractivity contribution in [2.45, 2.75) is 12.5 Å². The summed E-state index contributed by atoms with van der Waals surface area (Å²) in [6.45, 7) is 3.59. The van der Waals surface area contributed by atoms with Gasteiger partial charge in [0.25, 0.3) is 0 Å². The molecule has 0 radical (unpaired) electrons. The monoisotopic (exact) mass is 198 g/mol. The van der Waals surface area contributed by atoms with Crippen molar-refractivity contribution in [3.63, 3.8) is 0 Å². The second kappa shape index (κ2) is 2.69. The molecule has 2 aliphatic rings. The highest BCUT2D eigenvalue weighted by molar-refractivity contribution is 6.28. The van der Waals surface area contributed by atoms with Gasteiger partial charge in [0.1, 0.15) is 6.33 Å². The van der Waals surface area contributed by atoms with Crippen LogP contribution in [0.15, 0.2) is 6.33 Å². The van der Waals surface area contributed by atoms with Gasteiger partial charge < -0.3 is 4.90 Å². The quantitative estimate of drug-likeness (QED) is 0.670. The van der Waals surface area contributed by atoms with Crippen LogP contribution in [0.3, 0.4) is 0 Å². The number of hydrogen-bond donors (Lipinski definition) is 0. The number of piperidine rings is 1. The van der Waals surface area contributed by atoms with Gasteiger partial charge in [0.2, 0.25) is 5.28 Å². The van der Waals surface area contributed by atoms with E-state index in [-0.39, 0.29) is 0 Å². The number of halogens is 1. The lowest BCUT2D eigenvalue weighted by atomic mass is 10.0. The highest BCUT2D eigenvalue weighted by atomic mass is 35.5. The normalized spacial score (nSPS) is 37.2. The van der Waals surface area contributed by atoms with E-state index >= 15 is 0 Å². The van der Waals surface area contributed by atoms with Crippen LogP contribution in [0.5, 0.6) is 0 Å². The van der Waals surface area contributed by atoms with Crippen molar-refractivity contribution >= 4 is 11.6 Å². The molecule has 2 fully saturated rings. The van der Waals surface area contributed by atoms with Crippen molar-refractivity contribution < 1.29 is 0 Å². The number of rotatable bonds is 1. The predicted octanol–water partition coefficient (Wildman–Crippen LogP) is 0.808. The molecule has 2 aliphatic heterocycles. The fourth-order valence-electron chi connectivity index (χ4n) is 2.47. The zero-order valence-corrected chi connectivity index (χ0v) is 7.98. The van der Waals surface area contributed by atoms with E-state index in [1.54, 1.807) is 6.33 Å². The predicted molar refractivity (Wildman–Crippen MR) is 48.6 cm³/mol. The molecule has 0 N–H and O–H groups in total. The smallest absolute Gasteiger partial charge is 0.242 e. The Bertz CT molecular complexity index is 324. The molecule has 0 amide bonds. The number of fused-ring (bicyclic) bond motifs is 2.